The molecule has 1 unspecified atom stereocenters. The van der Waals surface area contributed by atoms with E-state index in [1.54, 1.807) is 12.7 Å². The Bertz CT molecular complexity index is 1120. The summed E-state index contributed by atoms with van der Waals surface area (Å²) >= 11 is 0. The number of hydrogen-bond donors (Lipinski definition) is 0. The van der Waals surface area contributed by atoms with E-state index in [-0.39, 0.29) is 0 Å². The first-order chi connectivity index (χ1) is 14.7. The van der Waals surface area contributed by atoms with Crippen molar-refractivity contribution < 1.29 is 4.74 Å². The number of rotatable bonds is 5. The summed E-state index contributed by atoms with van der Waals surface area (Å²) in [6.45, 7) is 6.85. The predicted molar refractivity (Wildman–Crippen MR) is 115 cm³/mol. The third-order valence-corrected chi connectivity index (χ3v) is 5.88. The molecular weight excluding hydrogens is 376 g/mol. The van der Waals surface area contributed by atoms with Crippen molar-refractivity contribution in [1.29, 1.82) is 0 Å². The lowest BCUT2D eigenvalue weighted by atomic mass is 10.0. The summed E-state index contributed by atoms with van der Waals surface area (Å²) in [7, 11) is 0. The van der Waals surface area contributed by atoms with Gasteiger partial charge in [0.2, 0.25) is 0 Å². The minimum absolute atomic E-state index is 0.511. The number of benzene rings is 1. The van der Waals surface area contributed by atoms with Crippen LogP contribution in [0.1, 0.15) is 24.2 Å². The zero-order chi connectivity index (χ0) is 20.5. The smallest absolute Gasteiger partial charge is 0.139 e. The molecule has 0 aliphatic carbocycles. The molecule has 1 aliphatic heterocycles. The molecule has 1 aliphatic rings. The van der Waals surface area contributed by atoms with Crippen LogP contribution in [0.4, 0.5) is 0 Å². The molecular formula is C23H26N6O. The van der Waals surface area contributed by atoms with Crippen LogP contribution in [0.25, 0.3) is 22.5 Å². The third kappa shape index (κ3) is 3.35. The van der Waals surface area contributed by atoms with Gasteiger partial charge in [0.25, 0.3) is 0 Å². The molecule has 0 bridgehead atoms. The van der Waals surface area contributed by atoms with Crippen molar-refractivity contribution >= 4 is 0 Å². The van der Waals surface area contributed by atoms with Gasteiger partial charge >= 0.3 is 0 Å². The van der Waals surface area contributed by atoms with E-state index >= 15 is 0 Å². The first-order valence-corrected chi connectivity index (χ1v) is 10.4. The summed E-state index contributed by atoms with van der Waals surface area (Å²) in [4.78, 5) is 4.85. The van der Waals surface area contributed by atoms with Gasteiger partial charge in [-0.15, -0.1) is 10.2 Å². The van der Waals surface area contributed by atoms with Gasteiger partial charge in [0.05, 0.1) is 24.3 Å². The fourth-order valence-corrected chi connectivity index (χ4v) is 4.49. The minimum atomic E-state index is 0.511. The van der Waals surface area contributed by atoms with E-state index < -0.39 is 0 Å². The van der Waals surface area contributed by atoms with E-state index in [9.17, 15) is 0 Å². The molecule has 1 fully saturated rings. The molecule has 30 heavy (non-hydrogen) atoms. The molecule has 7 nitrogen and oxygen atoms in total. The van der Waals surface area contributed by atoms with E-state index in [1.807, 2.05) is 17.1 Å². The lowest BCUT2D eigenvalue weighted by molar-refractivity contribution is 0.0485. The fourth-order valence-electron chi connectivity index (χ4n) is 4.49. The van der Waals surface area contributed by atoms with Crippen molar-refractivity contribution in [2.75, 3.05) is 13.2 Å². The van der Waals surface area contributed by atoms with E-state index in [4.69, 9.17) is 9.72 Å². The normalized spacial score (nSPS) is 16.8. The molecule has 3 aromatic heterocycles. The molecule has 0 radical (unpaired) electrons. The largest absolute Gasteiger partial charge is 0.381 e. The molecule has 4 heterocycles. The summed E-state index contributed by atoms with van der Waals surface area (Å²) in [5.41, 5.74) is 6.71. The monoisotopic (exact) mass is 402 g/mol. The maximum Gasteiger partial charge on any atom is 0.139 e. The predicted octanol–water partition coefficient (Wildman–Crippen LogP) is 3.96. The van der Waals surface area contributed by atoms with Gasteiger partial charge in [-0.2, -0.15) is 0 Å². The molecule has 1 saturated heterocycles. The standard InChI is InChI=1S/C23H26N6O/c1-17-11-21(18(2)29(17)28-15-25-26-16-28)23-22(20-8-4-3-5-9-20)24-14-27(23)12-19-7-6-10-30-13-19/h3-5,8-9,11,14-16,19H,6-7,10,12-13H2,1-2H3. The van der Waals surface area contributed by atoms with Gasteiger partial charge in [0.15, 0.2) is 0 Å². The maximum absolute atomic E-state index is 5.73. The lowest BCUT2D eigenvalue weighted by Gasteiger charge is -2.23. The van der Waals surface area contributed by atoms with Gasteiger partial charge in [-0.25, -0.2) is 9.66 Å². The van der Waals surface area contributed by atoms with Crippen LogP contribution in [0.3, 0.4) is 0 Å². The Hall–Kier alpha value is -3.19. The molecule has 0 spiro atoms. The molecule has 154 valence electrons. The van der Waals surface area contributed by atoms with Gasteiger partial charge < -0.3 is 9.30 Å². The fraction of sp³-hybridized carbons (Fsp3) is 0.348. The minimum Gasteiger partial charge on any atom is -0.381 e. The SMILES string of the molecule is Cc1cc(-c2c(-c3ccccc3)ncn2CC2CCCOC2)c(C)n1-n1cnnc1. The highest BCUT2D eigenvalue weighted by Crippen LogP contribution is 2.35. The topological polar surface area (TPSA) is 62.7 Å². The molecule has 0 amide bonds. The zero-order valence-corrected chi connectivity index (χ0v) is 17.4. The Morgan fingerprint density at radius 2 is 1.87 bits per heavy atom. The summed E-state index contributed by atoms with van der Waals surface area (Å²) < 4.78 is 12.1. The number of aromatic nitrogens is 6. The van der Waals surface area contributed by atoms with Crippen molar-refractivity contribution in [3.05, 3.63) is 66.8 Å². The Morgan fingerprint density at radius 3 is 2.60 bits per heavy atom. The Morgan fingerprint density at radius 1 is 1.07 bits per heavy atom. The summed E-state index contributed by atoms with van der Waals surface area (Å²) in [6.07, 6.45) is 7.74. The number of imidazole rings is 1. The van der Waals surface area contributed by atoms with Crippen molar-refractivity contribution in [2.45, 2.75) is 33.2 Å². The highest BCUT2D eigenvalue weighted by atomic mass is 16.5. The zero-order valence-electron chi connectivity index (χ0n) is 17.4. The van der Waals surface area contributed by atoms with Crippen molar-refractivity contribution in [3.63, 3.8) is 0 Å². The van der Waals surface area contributed by atoms with E-state index in [2.05, 4.69) is 63.6 Å². The third-order valence-electron chi connectivity index (χ3n) is 5.88. The number of hydrogen-bond acceptors (Lipinski definition) is 4. The Labute approximate surface area is 175 Å². The molecule has 7 heteroatoms. The summed E-state index contributed by atoms with van der Waals surface area (Å²) in [5, 5.41) is 7.95. The number of nitrogens with zero attached hydrogens (tertiary/aromatic N) is 6. The maximum atomic E-state index is 5.73. The van der Waals surface area contributed by atoms with Crippen LogP contribution in [0.2, 0.25) is 0 Å². The van der Waals surface area contributed by atoms with Crippen molar-refractivity contribution in [1.82, 2.24) is 29.1 Å². The van der Waals surface area contributed by atoms with E-state index in [1.165, 1.54) is 12.0 Å². The second-order valence-corrected chi connectivity index (χ2v) is 7.98. The molecule has 0 saturated carbocycles. The van der Waals surface area contributed by atoms with Crippen LogP contribution in [0.15, 0.2) is 55.4 Å². The van der Waals surface area contributed by atoms with E-state index in [0.29, 0.717) is 5.92 Å². The van der Waals surface area contributed by atoms with Gasteiger partial charge in [-0.1, -0.05) is 30.3 Å². The molecule has 0 N–H and O–H groups in total. The number of ether oxygens (including phenoxy) is 1. The van der Waals surface area contributed by atoms with Crippen LogP contribution in [-0.2, 0) is 11.3 Å². The van der Waals surface area contributed by atoms with Gasteiger partial charge in [0.1, 0.15) is 12.7 Å². The highest BCUT2D eigenvalue weighted by molar-refractivity contribution is 5.80. The van der Waals surface area contributed by atoms with Crippen molar-refractivity contribution in [2.24, 2.45) is 5.92 Å². The van der Waals surface area contributed by atoms with Crippen LogP contribution < -0.4 is 0 Å². The van der Waals surface area contributed by atoms with Gasteiger partial charge in [-0.3, -0.25) is 4.68 Å². The van der Waals surface area contributed by atoms with Crippen LogP contribution in [0.5, 0.6) is 0 Å². The van der Waals surface area contributed by atoms with Gasteiger partial charge in [0, 0.05) is 41.6 Å². The van der Waals surface area contributed by atoms with Crippen LogP contribution in [-0.4, -0.2) is 42.3 Å². The summed E-state index contributed by atoms with van der Waals surface area (Å²) in [5.74, 6) is 0.511. The van der Waals surface area contributed by atoms with E-state index in [0.717, 1.165) is 54.5 Å². The quantitative estimate of drug-likeness (QED) is 0.507. The second kappa shape index (κ2) is 7.91. The van der Waals surface area contributed by atoms with Crippen LogP contribution in [0, 0.1) is 19.8 Å². The molecule has 1 atom stereocenters. The number of aryl methyl sites for hydroxylation is 1. The average Bonchev–Trinajstić information content (AvgIpc) is 3.49. The first-order valence-electron chi connectivity index (χ1n) is 10.4. The van der Waals surface area contributed by atoms with Gasteiger partial charge in [-0.05, 0) is 32.8 Å². The van der Waals surface area contributed by atoms with Crippen LogP contribution >= 0.6 is 0 Å². The molecule has 5 rings (SSSR count). The molecule has 4 aromatic rings. The Balaban J connectivity index is 1.64. The average molecular weight is 403 g/mol. The first kappa shape index (κ1) is 18.8. The second-order valence-electron chi connectivity index (χ2n) is 7.98. The Kier molecular flexibility index (Phi) is 4.96. The highest BCUT2D eigenvalue weighted by Gasteiger charge is 2.23. The van der Waals surface area contributed by atoms with Crippen molar-refractivity contribution in [3.8, 4) is 22.5 Å². The molecule has 1 aromatic carbocycles. The summed E-state index contributed by atoms with van der Waals surface area (Å²) in [6, 6.07) is 12.6. The lowest BCUT2D eigenvalue weighted by Crippen LogP contribution is -2.22.